The molecule has 1 saturated heterocycles. The van der Waals surface area contributed by atoms with Gasteiger partial charge in [0.15, 0.2) is 5.96 Å². The first-order chi connectivity index (χ1) is 14.2. The Balaban J connectivity index is 1.49. The van der Waals surface area contributed by atoms with Crippen LogP contribution in [-0.4, -0.2) is 63.4 Å². The molecular weight excluding hydrogens is 384 g/mol. The summed E-state index contributed by atoms with van der Waals surface area (Å²) in [6.45, 7) is 9.11. The summed E-state index contributed by atoms with van der Waals surface area (Å²) in [5.41, 5.74) is 1.23. The van der Waals surface area contributed by atoms with E-state index in [4.69, 9.17) is 9.47 Å². The summed E-state index contributed by atoms with van der Waals surface area (Å²) >= 11 is 1.80. The number of hydrogen-bond donors (Lipinski definition) is 2. The van der Waals surface area contributed by atoms with Gasteiger partial charge in [0.25, 0.3) is 0 Å². The molecule has 0 spiro atoms. The summed E-state index contributed by atoms with van der Waals surface area (Å²) in [6.07, 6.45) is 0.0311. The highest BCUT2D eigenvalue weighted by atomic mass is 32.1. The number of benzene rings is 1. The van der Waals surface area contributed by atoms with Crippen LogP contribution in [0, 0.1) is 6.92 Å². The van der Waals surface area contributed by atoms with Gasteiger partial charge in [-0.15, -0.1) is 11.3 Å². The first-order valence-electron chi connectivity index (χ1n) is 10.2. The minimum absolute atomic E-state index is 0.0311. The number of morpholine rings is 1. The number of aryl methyl sites for hydroxylation is 1. The molecule has 1 aromatic heterocycles. The third-order valence-corrected chi connectivity index (χ3v) is 5.93. The van der Waals surface area contributed by atoms with Gasteiger partial charge in [-0.05, 0) is 37.4 Å². The maximum Gasteiger partial charge on any atom is 0.191 e. The molecule has 1 aliphatic heterocycles. The van der Waals surface area contributed by atoms with Crippen LogP contribution in [0.1, 0.15) is 23.4 Å². The van der Waals surface area contributed by atoms with Gasteiger partial charge in [-0.3, -0.25) is 9.89 Å². The lowest BCUT2D eigenvalue weighted by Crippen LogP contribution is -2.47. The van der Waals surface area contributed by atoms with Crippen molar-refractivity contribution in [1.82, 2.24) is 15.5 Å². The zero-order chi connectivity index (χ0) is 20.5. The molecule has 0 bridgehead atoms. The van der Waals surface area contributed by atoms with Gasteiger partial charge < -0.3 is 20.1 Å². The van der Waals surface area contributed by atoms with Gasteiger partial charge in [0, 0.05) is 31.6 Å². The Morgan fingerprint density at radius 1 is 1.17 bits per heavy atom. The summed E-state index contributed by atoms with van der Waals surface area (Å²) in [5, 5.41) is 9.01. The van der Waals surface area contributed by atoms with Crippen molar-refractivity contribution in [2.45, 2.75) is 26.0 Å². The molecule has 0 radical (unpaired) electrons. The number of aliphatic imine (C=N–C) groups is 1. The van der Waals surface area contributed by atoms with Gasteiger partial charge in [0.1, 0.15) is 11.9 Å². The number of guanidine groups is 1. The molecule has 1 aromatic carbocycles. The summed E-state index contributed by atoms with van der Waals surface area (Å²) in [4.78, 5) is 8.23. The summed E-state index contributed by atoms with van der Waals surface area (Å²) in [7, 11) is 1.80. The fourth-order valence-electron chi connectivity index (χ4n) is 3.32. The monoisotopic (exact) mass is 416 g/mol. The van der Waals surface area contributed by atoms with E-state index in [2.05, 4.69) is 64.0 Å². The van der Waals surface area contributed by atoms with Crippen LogP contribution in [0.2, 0.25) is 0 Å². The van der Waals surface area contributed by atoms with Crippen molar-refractivity contribution in [3.63, 3.8) is 0 Å². The molecule has 2 aromatic rings. The van der Waals surface area contributed by atoms with Crippen molar-refractivity contribution in [2.24, 2.45) is 4.99 Å². The van der Waals surface area contributed by atoms with Crippen molar-refractivity contribution in [1.29, 1.82) is 0 Å². The molecule has 1 fully saturated rings. The van der Waals surface area contributed by atoms with E-state index < -0.39 is 0 Å². The lowest BCUT2D eigenvalue weighted by atomic mass is 10.2. The van der Waals surface area contributed by atoms with E-state index in [0.29, 0.717) is 12.6 Å². The molecule has 158 valence electrons. The molecule has 0 amide bonds. The van der Waals surface area contributed by atoms with Crippen molar-refractivity contribution >= 4 is 17.3 Å². The molecule has 2 N–H and O–H groups in total. The SMILES string of the molecule is CN=C(NCC(C)Oc1ccc(C)cc1)NCC(c1cccs1)N1CCOCC1. The third kappa shape index (κ3) is 6.73. The van der Waals surface area contributed by atoms with Gasteiger partial charge in [0.05, 0.1) is 25.8 Å². The van der Waals surface area contributed by atoms with Crippen LogP contribution >= 0.6 is 11.3 Å². The molecule has 2 heterocycles. The van der Waals surface area contributed by atoms with Crippen LogP contribution in [-0.2, 0) is 4.74 Å². The van der Waals surface area contributed by atoms with Crippen LogP contribution in [0.4, 0.5) is 0 Å². The van der Waals surface area contributed by atoms with E-state index >= 15 is 0 Å². The first-order valence-corrected chi connectivity index (χ1v) is 11.1. The molecule has 1 aliphatic rings. The van der Waals surface area contributed by atoms with Gasteiger partial charge in [-0.1, -0.05) is 23.8 Å². The number of hydrogen-bond acceptors (Lipinski definition) is 5. The molecule has 6 nitrogen and oxygen atoms in total. The highest BCUT2D eigenvalue weighted by Crippen LogP contribution is 2.25. The van der Waals surface area contributed by atoms with Gasteiger partial charge in [0.2, 0.25) is 0 Å². The van der Waals surface area contributed by atoms with Gasteiger partial charge in [-0.25, -0.2) is 0 Å². The Hall–Kier alpha value is -2.09. The Bertz CT molecular complexity index is 743. The second kappa shape index (κ2) is 11.2. The zero-order valence-corrected chi connectivity index (χ0v) is 18.4. The average Bonchev–Trinajstić information content (AvgIpc) is 3.27. The molecule has 2 atom stereocenters. The minimum atomic E-state index is 0.0311. The predicted molar refractivity (Wildman–Crippen MR) is 120 cm³/mol. The largest absolute Gasteiger partial charge is 0.489 e. The summed E-state index contributed by atoms with van der Waals surface area (Å²) in [6, 6.07) is 12.8. The molecule has 0 aliphatic carbocycles. The topological polar surface area (TPSA) is 58.1 Å². The Morgan fingerprint density at radius 3 is 2.55 bits per heavy atom. The highest BCUT2D eigenvalue weighted by Gasteiger charge is 2.23. The predicted octanol–water partition coefficient (Wildman–Crippen LogP) is 3.06. The fourth-order valence-corrected chi connectivity index (χ4v) is 4.19. The number of thiophene rings is 1. The first kappa shape index (κ1) is 21.6. The van der Waals surface area contributed by atoms with Crippen molar-refractivity contribution in [2.75, 3.05) is 46.4 Å². The van der Waals surface area contributed by atoms with E-state index in [9.17, 15) is 0 Å². The minimum Gasteiger partial charge on any atom is -0.489 e. The maximum absolute atomic E-state index is 5.98. The van der Waals surface area contributed by atoms with E-state index in [0.717, 1.165) is 44.6 Å². The standard InChI is InChI=1S/C22H32N4O2S/c1-17-6-8-19(9-7-17)28-18(2)15-24-22(23-3)25-16-20(21-5-4-14-29-21)26-10-12-27-13-11-26/h4-9,14,18,20H,10-13,15-16H2,1-3H3,(H2,23,24,25). The average molecular weight is 417 g/mol. The van der Waals surface area contributed by atoms with Crippen LogP contribution in [0.5, 0.6) is 5.75 Å². The van der Waals surface area contributed by atoms with Crippen LogP contribution in [0.15, 0.2) is 46.8 Å². The molecule has 3 rings (SSSR count). The summed E-state index contributed by atoms with van der Waals surface area (Å²) < 4.78 is 11.5. The van der Waals surface area contributed by atoms with Crippen molar-refractivity contribution < 1.29 is 9.47 Å². The zero-order valence-electron chi connectivity index (χ0n) is 17.6. The van der Waals surface area contributed by atoms with E-state index in [1.807, 2.05) is 12.1 Å². The molecule has 0 saturated carbocycles. The Kier molecular flexibility index (Phi) is 8.34. The number of nitrogens with zero attached hydrogens (tertiary/aromatic N) is 2. The molecular formula is C22H32N4O2S. The van der Waals surface area contributed by atoms with E-state index in [1.54, 1.807) is 18.4 Å². The normalized spacial score (nSPS) is 17.6. The smallest absolute Gasteiger partial charge is 0.191 e. The molecule has 29 heavy (non-hydrogen) atoms. The van der Waals surface area contributed by atoms with Gasteiger partial charge >= 0.3 is 0 Å². The quantitative estimate of drug-likeness (QED) is 0.512. The lowest BCUT2D eigenvalue weighted by molar-refractivity contribution is 0.0177. The molecule has 2 unspecified atom stereocenters. The van der Waals surface area contributed by atoms with Crippen LogP contribution in [0.3, 0.4) is 0 Å². The fraction of sp³-hybridized carbons (Fsp3) is 0.500. The van der Waals surface area contributed by atoms with Crippen molar-refractivity contribution in [3.05, 3.63) is 52.2 Å². The number of rotatable bonds is 8. The second-order valence-corrected chi connectivity index (χ2v) is 8.23. The van der Waals surface area contributed by atoms with Gasteiger partial charge in [-0.2, -0.15) is 0 Å². The van der Waals surface area contributed by atoms with Crippen LogP contribution < -0.4 is 15.4 Å². The lowest BCUT2D eigenvalue weighted by Gasteiger charge is -2.34. The summed E-state index contributed by atoms with van der Waals surface area (Å²) in [5.74, 6) is 1.68. The third-order valence-electron chi connectivity index (χ3n) is 4.96. The maximum atomic E-state index is 5.98. The Morgan fingerprint density at radius 2 is 1.90 bits per heavy atom. The Labute approximate surface area is 177 Å². The van der Waals surface area contributed by atoms with E-state index in [1.165, 1.54) is 10.4 Å². The second-order valence-electron chi connectivity index (χ2n) is 7.26. The van der Waals surface area contributed by atoms with E-state index in [-0.39, 0.29) is 6.10 Å². The number of ether oxygens (including phenoxy) is 2. The highest BCUT2D eigenvalue weighted by molar-refractivity contribution is 7.10. The molecule has 7 heteroatoms. The van der Waals surface area contributed by atoms with Crippen LogP contribution in [0.25, 0.3) is 0 Å². The number of nitrogens with one attached hydrogen (secondary N) is 2. The van der Waals surface area contributed by atoms with Crippen molar-refractivity contribution in [3.8, 4) is 5.75 Å².